The fourth-order valence-electron chi connectivity index (χ4n) is 2.26. The van der Waals surface area contributed by atoms with Crippen molar-refractivity contribution in [1.29, 1.82) is 0 Å². The standard InChI is InChI=1S/C17H20N3/c1-20(2,3)13-15-11-7-8-12-16(15)17(19-18)14-9-5-4-6-10-14/h4-12H,13H2,1-3H3/q+1. The largest absolute Gasteiger partial charge is 0.361 e. The maximum absolute atomic E-state index is 9.44. The van der Waals surface area contributed by atoms with Crippen LogP contribution in [0.15, 0.2) is 54.6 Å². The summed E-state index contributed by atoms with van der Waals surface area (Å²) in [7, 11) is 6.44. The molecule has 0 aliphatic carbocycles. The minimum absolute atomic E-state index is 0.620. The normalized spacial score (nSPS) is 10.9. The number of rotatable bonds is 4. The molecule has 0 heterocycles. The quantitative estimate of drug-likeness (QED) is 0.353. The second-order valence-corrected chi connectivity index (χ2v) is 5.92. The van der Waals surface area contributed by atoms with Crippen molar-refractivity contribution in [1.82, 2.24) is 0 Å². The molecule has 0 unspecified atom stereocenters. The van der Waals surface area contributed by atoms with Gasteiger partial charge in [0.2, 0.25) is 0 Å². The van der Waals surface area contributed by atoms with E-state index in [9.17, 15) is 5.53 Å². The first-order valence-electron chi connectivity index (χ1n) is 6.67. The molecule has 2 aromatic carbocycles. The van der Waals surface area contributed by atoms with Crippen LogP contribution in [0, 0.1) is 0 Å². The molecule has 0 amide bonds. The molecular weight excluding hydrogens is 246 g/mol. The van der Waals surface area contributed by atoms with Crippen LogP contribution in [0.1, 0.15) is 16.7 Å². The van der Waals surface area contributed by atoms with Crippen molar-refractivity contribution in [3.8, 4) is 0 Å². The molecule has 0 aliphatic heterocycles. The second-order valence-electron chi connectivity index (χ2n) is 5.92. The van der Waals surface area contributed by atoms with E-state index >= 15 is 0 Å². The van der Waals surface area contributed by atoms with Gasteiger partial charge in [0.25, 0.3) is 0 Å². The van der Waals surface area contributed by atoms with Crippen LogP contribution in [-0.4, -0.2) is 36.1 Å². The molecule has 3 nitrogen and oxygen atoms in total. The summed E-state index contributed by atoms with van der Waals surface area (Å²) in [6.45, 7) is 0.877. The van der Waals surface area contributed by atoms with Crippen molar-refractivity contribution in [2.24, 2.45) is 0 Å². The van der Waals surface area contributed by atoms with Crippen LogP contribution in [0.5, 0.6) is 0 Å². The fraction of sp³-hybridized carbons (Fsp3) is 0.235. The molecule has 0 fully saturated rings. The molecule has 0 N–H and O–H groups in total. The highest BCUT2D eigenvalue weighted by molar-refractivity contribution is 6.10. The Bertz CT molecular complexity index is 633. The van der Waals surface area contributed by atoms with Crippen molar-refractivity contribution >= 4 is 5.71 Å². The molecule has 2 aromatic rings. The summed E-state index contributed by atoms with van der Waals surface area (Å²) >= 11 is 0. The average Bonchev–Trinajstić information content (AvgIpc) is 2.41. The van der Waals surface area contributed by atoms with Gasteiger partial charge >= 0.3 is 5.71 Å². The lowest BCUT2D eigenvalue weighted by Gasteiger charge is -2.24. The maximum Gasteiger partial charge on any atom is 0.330 e. The van der Waals surface area contributed by atoms with E-state index in [1.54, 1.807) is 0 Å². The molecule has 0 aliphatic rings. The SMILES string of the molecule is C[N+](C)(C)Cc1ccccc1C(=[N+]=[N-])c1ccccc1. The highest BCUT2D eigenvalue weighted by atomic mass is 15.3. The fourth-order valence-corrected chi connectivity index (χ4v) is 2.26. The van der Waals surface area contributed by atoms with Gasteiger partial charge in [-0.1, -0.05) is 36.4 Å². The molecule has 0 spiro atoms. The zero-order valence-corrected chi connectivity index (χ0v) is 12.2. The maximum atomic E-state index is 9.44. The summed E-state index contributed by atoms with van der Waals surface area (Å²) in [5.41, 5.74) is 13.1. The van der Waals surface area contributed by atoms with Gasteiger partial charge in [-0.25, -0.2) is 0 Å². The summed E-state index contributed by atoms with van der Waals surface area (Å²) in [6, 6.07) is 17.9. The molecule has 0 saturated carbocycles. The molecule has 0 atom stereocenters. The molecule has 20 heavy (non-hydrogen) atoms. The van der Waals surface area contributed by atoms with Crippen molar-refractivity contribution in [3.05, 3.63) is 76.8 Å². The van der Waals surface area contributed by atoms with Crippen molar-refractivity contribution < 1.29 is 9.27 Å². The highest BCUT2D eigenvalue weighted by Crippen LogP contribution is 2.17. The first kappa shape index (κ1) is 14.2. The van der Waals surface area contributed by atoms with Gasteiger partial charge in [-0.15, -0.1) is 0 Å². The van der Waals surface area contributed by atoms with E-state index in [0.717, 1.165) is 22.2 Å². The molecule has 2 rings (SSSR count). The Balaban J connectivity index is 2.49. The van der Waals surface area contributed by atoms with Crippen LogP contribution in [0.4, 0.5) is 0 Å². The molecule has 0 bridgehead atoms. The van der Waals surface area contributed by atoms with Crippen molar-refractivity contribution in [2.75, 3.05) is 21.1 Å². The van der Waals surface area contributed by atoms with Gasteiger partial charge in [-0.2, -0.15) is 4.79 Å². The summed E-state index contributed by atoms with van der Waals surface area (Å²) in [5.74, 6) is 0. The first-order valence-corrected chi connectivity index (χ1v) is 6.67. The molecule has 3 heteroatoms. The first-order chi connectivity index (χ1) is 9.51. The Hall–Kier alpha value is -2.22. The Morgan fingerprint density at radius 1 is 0.950 bits per heavy atom. The third-order valence-electron chi connectivity index (χ3n) is 3.06. The van der Waals surface area contributed by atoms with Gasteiger partial charge in [0.05, 0.1) is 32.3 Å². The number of benzene rings is 2. The Kier molecular flexibility index (Phi) is 4.14. The van der Waals surface area contributed by atoms with Gasteiger partial charge in [0.15, 0.2) is 0 Å². The van der Waals surface area contributed by atoms with Crippen LogP contribution in [-0.2, 0) is 6.54 Å². The lowest BCUT2D eigenvalue weighted by Crippen LogP contribution is -2.34. The minimum Gasteiger partial charge on any atom is -0.361 e. The minimum atomic E-state index is 0.620. The Morgan fingerprint density at radius 2 is 1.55 bits per heavy atom. The topological polar surface area (TPSA) is 36.4 Å². The van der Waals surface area contributed by atoms with Gasteiger partial charge in [0.1, 0.15) is 6.54 Å². The molecule has 102 valence electrons. The number of quaternary nitrogens is 1. The third-order valence-corrected chi connectivity index (χ3v) is 3.06. The smallest absolute Gasteiger partial charge is 0.330 e. The van der Waals surface area contributed by atoms with Gasteiger partial charge in [0, 0.05) is 5.56 Å². The Labute approximate surface area is 120 Å². The lowest BCUT2D eigenvalue weighted by atomic mass is 9.97. The van der Waals surface area contributed by atoms with Crippen molar-refractivity contribution in [3.63, 3.8) is 0 Å². The van der Waals surface area contributed by atoms with Crippen LogP contribution >= 0.6 is 0 Å². The van der Waals surface area contributed by atoms with Crippen LogP contribution < -0.4 is 0 Å². The average molecular weight is 266 g/mol. The zero-order chi connectivity index (χ0) is 14.6. The third kappa shape index (κ3) is 3.41. The van der Waals surface area contributed by atoms with Gasteiger partial charge in [-0.05, 0) is 18.2 Å². The van der Waals surface area contributed by atoms with E-state index in [-0.39, 0.29) is 0 Å². The van der Waals surface area contributed by atoms with Crippen LogP contribution in [0.2, 0.25) is 0 Å². The zero-order valence-electron chi connectivity index (χ0n) is 12.2. The van der Waals surface area contributed by atoms with Gasteiger partial charge < -0.3 is 10.0 Å². The van der Waals surface area contributed by atoms with Crippen molar-refractivity contribution in [2.45, 2.75) is 6.54 Å². The van der Waals surface area contributed by atoms with Crippen LogP contribution in [0.3, 0.4) is 0 Å². The number of nitrogens with zero attached hydrogens (tertiary/aromatic N) is 3. The summed E-state index contributed by atoms with van der Waals surface area (Å²) in [4.78, 5) is 3.53. The van der Waals surface area contributed by atoms with E-state index in [2.05, 4.69) is 32.0 Å². The second kappa shape index (κ2) is 5.83. The number of hydrogen-bond acceptors (Lipinski definition) is 0. The lowest BCUT2D eigenvalue weighted by molar-refractivity contribution is -0.884. The van der Waals surface area contributed by atoms with E-state index < -0.39 is 0 Å². The summed E-state index contributed by atoms with van der Waals surface area (Å²) in [5, 5.41) is 0. The summed E-state index contributed by atoms with van der Waals surface area (Å²) in [6.07, 6.45) is 0. The van der Waals surface area contributed by atoms with E-state index in [1.165, 1.54) is 5.56 Å². The molecule has 0 saturated heterocycles. The number of hydrogen-bond donors (Lipinski definition) is 0. The van der Waals surface area contributed by atoms with Crippen LogP contribution in [0.25, 0.3) is 5.53 Å². The Morgan fingerprint density at radius 3 is 2.15 bits per heavy atom. The predicted octanol–water partition coefficient (Wildman–Crippen LogP) is 2.96. The molecule has 0 aromatic heterocycles. The highest BCUT2D eigenvalue weighted by Gasteiger charge is 2.21. The van der Waals surface area contributed by atoms with E-state index in [0.29, 0.717) is 5.71 Å². The molecular formula is C17H20N3+. The predicted molar refractivity (Wildman–Crippen MR) is 81.5 cm³/mol. The summed E-state index contributed by atoms with van der Waals surface area (Å²) < 4.78 is 0.824. The van der Waals surface area contributed by atoms with Gasteiger partial charge in [-0.3, -0.25) is 0 Å². The van der Waals surface area contributed by atoms with E-state index in [1.807, 2.05) is 48.5 Å². The monoisotopic (exact) mass is 266 g/mol. The molecule has 0 radical (unpaired) electrons. The van der Waals surface area contributed by atoms with E-state index in [4.69, 9.17) is 0 Å².